The van der Waals surface area contributed by atoms with Crippen LogP contribution in [0.25, 0.3) is 5.69 Å². The van der Waals surface area contributed by atoms with Crippen molar-refractivity contribution in [3.63, 3.8) is 0 Å². The molecular weight excluding hydrogens is 234 g/mol. The van der Waals surface area contributed by atoms with Crippen LogP contribution in [0, 0.1) is 3.95 Å². The molecule has 0 saturated heterocycles. The van der Waals surface area contributed by atoms with E-state index >= 15 is 0 Å². The maximum atomic E-state index is 5.42. The lowest BCUT2D eigenvalue weighted by atomic mass is 10.3. The highest BCUT2D eigenvalue weighted by atomic mass is 32.2. The maximum Gasteiger partial charge on any atom is 0.188 e. The van der Waals surface area contributed by atoms with Crippen LogP contribution < -0.4 is 5.14 Å². The minimum atomic E-state index is 0.712. The monoisotopic (exact) mass is 241 g/mol. The fourth-order valence-corrected chi connectivity index (χ4v) is 2.64. The molecule has 2 rings (SSSR count). The van der Waals surface area contributed by atoms with Gasteiger partial charge in [0.05, 0.1) is 5.69 Å². The Balaban J connectivity index is 2.52. The highest BCUT2D eigenvalue weighted by Crippen LogP contribution is 2.19. The van der Waals surface area contributed by atoms with E-state index in [-0.39, 0.29) is 0 Å². The van der Waals surface area contributed by atoms with Gasteiger partial charge >= 0.3 is 0 Å². The van der Waals surface area contributed by atoms with E-state index in [9.17, 15) is 0 Å². The van der Waals surface area contributed by atoms with Crippen LogP contribution in [0.3, 0.4) is 0 Å². The molecule has 0 aliphatic carbocycles. The minimum Gasteiger partial charge on any atom is -0.272 e. The molecule has 2 aromatic rings. The van der Waals surface area contributed by atoms with Crippen molar-refractivity contribution in [2.45, 2.75) is 4.34 Å². The number of hydrogen-bond acceptors (Lipinski definition) is 5. The van der Waals surface area contributed by atoms with Gasteiger partial charge < -0.3 is 0 Å². The van der Waals surface area contributed by atoms with Gasteiger partial charge in [-0.15, -0.1) is 5.10 Å². The predicted octanol–water partition coefficient (Wildman–Crippen LogP) is 2.63. The minimum absolute atomic E-state index is 0.712. The number of benzene rings is 1. The van der Waals surface area contributed by atoms with Crippen molar-refractivity contribution in [2.24, 2.45) is 5.14 Å². The highest BCUT2D eigenvalue weighted by molar-refractivity contribution is 7.99. The van der Waals surface area contributed by atoms with Gasteiger partial charge in [-0.25, -0.2) is 4.68 Å². The first-order chi connectivity index (χ1) is 6.81. The summed E-state index contributed by atoms with van der Waals surface area (Å²) < 4.78 is 3.21. The number of hydrogen-bond donors (Lipinski definition) is 1. The van der Waals surface area contributed by atoms with Gasteiger partial charge in [-0.2, -0.15) is 0 Å². The summed E-state index contributed by atoms with van der Waals surface area (Å²) >= 11 is 7.70. The summed E-state index contributed by atoms with van der Waals surface area (Å²) in [6, 6.07) is 9.77. The Bertz CT molecular complexity index is 474. The van der Waals surface area contributed by atoms with Gasteiger partial charge in [0.1, 0.15) is 0 Å². The Kier molecular flexibility index (Phi) is 2.97. The standard InChI is InChI=1S/C8H7N3S3/c9-14-7-10-11(8(12)13-7)6-4-2-1-3-5-6/h1-5H,9H2. The maximum absolute atomic E-state index is 5.42. The lowest BCUT2D eigenvalue weighted by Crippen LogP contribution is -1.95. The first-order valence-electron chi connectivity index (χ1n) is 3.83. The summed E-state index contributed by atoms with van der Waals surface area (Å²) in [4.78, 5) is 0. The van der Waals surface area contributed by atoms with Crippen molar-refractivity contribution in [2.75, 3.05) is 0 Å². The molecule has 0 spiro atoms. The van der Waals surface area contributed by atoms with Crippen molar-refractivity contribution in [1.29, 1.82) is 0 Å². The average Bonchev–Trinajstić information content (AvgIpc) is 2.61. The second-order valence-electron chi connectivity index (χ2n) is 2.50. The number of nitrogens with two attached hydrogens (primary N) is 1. The van der Waals surface area contributed by atoms with Gasteiger partial charge in [0.25, 0.3) is 0 Å². The number of rotatable bonds is 2. The zero-order valence-corrected chi connectivity index (χ0v) is 9.53. The lowest BCUT2D eigenvalue weighted by Gasteiger charge is -1.97. The molecule has 2 N–H and O–H groups in total. The Morgan fingerprint density at radius 2 is 2.07 bits per heavy atom. The quantitative estimate of drug-likeness (QED) is 0.648. The van der Waals surface area contributed by atoms with Crippen LogP contribution in [-0.2, 0) is 0 Å². The fraction of sp³-hybridized carbons (Fsp3) is 0. The lowest BCUT2D eigenvalue weighted by molar-refractivity contribution is 0.829. The molecule has 0 amide bonds. The first kappa shape index (κ1) is 9.85. The number of para-hydroxylation sites is 1. The van der Waals surface area contributed by atoms with Crippen molar-refractivity contribution in [3.8, 4) is 5.69 Å². The van der Waals surface area contributed by atoms with Gasteiger partial charge in [0.15, 0.2) is 8.29 Å². The van der Waals surface area contributed by atoms with Crippen LogP contribution in [0.15, 0.2) is 34.7 Å². The van der Waals surface area contributed by atoms with Crippen LogP contribution in [0.4, 0.5) is 0 Å². The molecule has 3 nitrogen and oxygen atoms in total. The second kappa shape index (κ2) is 4.22. The number of nitrogens with zero attached hydrogens (tertiary/aromatic N) is 2. The van der Waals surface area contributed by atoms with Gasteiger partial charge in [-0.3, -0.25) is 5.14 Å². The number of aromatic nitrogens is 2. The Morgan fingerprint density at radius 3 is 2.64 bits per heavy atom. The molecule has 1 aromatic carbocycles. The van der Waals surface area contributed by atoms with Gasteiger partial charge in [0.2, 0.25) is 0 Å². The zero-order valence-electron chi connectivity index (χ0n) is 7.08. The van der Waals surface area contributed by atoms with Crippen molar-refractivity contribution in [1.82, 2.24) is 9.78 Å². The third-order valence-electron chi connectivity index (χ3n) is 1.63. The summed E-state index contributed by atoms with van der Waals surface area (Å²) in [5.41, 5.74) is 0.967. The van der Waals surface area contributed by atoms with E-state index in [0.717, 1.165) is 22.0 Å². The smallest absolute Gasteiger partial charge is 0.188 e. The fourth-order valence-electron chi connectivity index (χ4n) is 1.04. The Morgan fingerprint density at radius 1 is 1.36 bits per heavy atom. The molecule has 0 unspecified atom stereocenters. The molecule has 6 heteroatoms. The van der Waals surface area contributed by atoms with Gasteiger partial charge in [-0.05, 0) is 36.3 Å². The van der Waals surface area contributed by atoms with E-state index in [1.807, 2.05) is 30.3 Å². The third kappa shape index (κ3) is 1.88. The van der Waals surface area contributed by atoms with Crippen LogP contribution in [0.5, 0.6) is 0 Å². The molecule has 0 fully saturated rings. The van der Waals surface area contributed by atoms with E-state index in [1.165, 1.54) is 11.3 Å². The zero-order chi connectivity index (χ0) is 9.97. The van der Waals surface area contributed by atoms with E-state index < -0.39 is 0 Å². The normalized spacial score (nSPS) is 10.4. The van der Waals surface area contributed by atoms with Crippen LogP contribution >= 0.6 is 35.5 Å². The Hall–Kier alpha value is -0.690. The van der Waals surface area contributed by atoms with Crippen molar-refractivity contribution >= 4 is 35.5 Å². The van der Waals surface area contributed by atoms with E-state index in [2.05, 4.69) is 5.10 Å². The molecule has 0 aliphatic heterocycles. The molecule has 0 radical (unpaired) electrons. The summed E-state index contributed by atoms with van der Waals surface area (Å²) in [5, 5.41) is 9.68. The molecule has 0 atom stereocenters. The SMILES string of the molecule is NSc1nn(-c2ccccc2)c(=S)s1. The molecule has 1 heterocycles. The van der Waals surface area contributed by atoms with Crippen LogP contribution in [0.1, 0.15) is 0 Å². The van der Waals surface area contributed by atoms with Crippen molar-refractivity contribution in [3.05, 3.63) is 34.3 Å². The molecule has 1 aromatic heterocycles. The van der Waals surface area contributed by atoms with E-state index in [0.29, 0.717) is 3.95 Å². The molecule has 72 valence electrons. The van der Waals surface area contributed by atoms with Crippen molar-refractivity contribution < 1.29 is 0 Å². The first-order valence-corrected chi connectivity index (χ1v) is 5.94. The molecule has 0 bridgehead atoms. The Labute approximate surface area is 94.7 Å². The van der Waals surface area contributed by atoms with Crippen LogP contribution in [-0.4, -0.2) is 9.78 Å². The average molecular weight is 241 g/mol. The molecule has 0 aliphatic rings. The predicted molar refractivity (Wildman–Crippen MR) is 62.3 cm³/mol. The molecule has 0 saturated carbocycles. The van der Waals surface area contributed by atoms with E-state index in [4.69, 9.17) is 17.4 Å². The summed E-state index contributed by atoms with van der Waals surface area (Å²) in [6.45, 7) is 0. The summed E-state index contributed by atoms with van der Waals surface area (Å²) in [6.07, 6.45) is 0. The summed E-state index contributed by atoms with van der Waals surface area (Å²) in [7, 11) is 0. The largest absolute Gasteiger partial charge is 0.272 e. The molecule has 14 heavy (non-hydrogen) atoms. The third-order valence-corrected chi connectivity index (χ3v) is 3.48. The van der Waals surface area contributed by atoms with Crippen LogP contribution in [0.2, 0.25) is 0 Å². The topological polar surface area (TPSA) is 43.8 Å². The van der Waals surface area contributed by atoms with Gasteiger partial charge in [-0.1, -0.05) is 29.5 Å². The van der Waals surface area contributed by atoms with E-state index in [1.54, 1.807) is 4.68 Å². The second-order valence-corrected chi connectivity index (χ2v) is 5.00. The summed E-state index contributed by atoms with van der Waals surface area (Å²) in [5.74, 6) is 0. The highest BCUT2D eigenvalue weighted by Gasteiger charge is 2.03. The van der Waals surface area contributed by atoms with Gasteiger partial charge in [0, 0.05) is 0 Å². The molecular formula is C8H7N3S3.